The van der Waals surface area contributed by atoms with Gasteiger partial charge in [0.05, 0.1) is 18.8 Å². The van der Waals surface area contributed by atoms with Crippen molar-refractivity contribution in [3.63, 3.8) is 0 Å². The molecular formula is C14H23NO2. The highest BCUT2D eigenvalue weighted by molar-refractivity contribution is 5.24. The largest absolute Gasteiger partial charge is 0.394 e. The molecule has 0 saturated carbocycles. The predicted molar refractivity (Wildman–Crippen MR) is 70.0 cm³/mol. The van der Waals surface area contributed by atoms with E-state index in [4.69, 9.17) is 4.74 Å². The summed E-state index contributed by atoms with van der Waals surface area (Å²) in [5, 5.41) is 13.2. The van der Waals surface area contributed by atoms with E-state index >= 15 is 0 Å². The van der Waals surface area contributed by atoms with Crippen LogP contribution in [0.1, 0.15) is 25.3 Å². The maximum absolute atomic E-state index is 9.76. The molecule has 0 spiro atoms. The molecule has 1 unspecified atom stereocenters. The molecule has 1 aromatic carbocycles. The smallest absolute Gasteiger partial charge is 0.0669 e. The van der Waals surface area contributed by atoms with Gasteiger partial charge in [0.15, 0.2) is 0 Å². The van der Waals surface area contributed by atoms with E-state index in [1.807, 2.05) is 18.2 Å². The summed E-state index contributed by atoms with van der Waals surface area (Å²) in [6, 6.07) is 10.1. The Morgan fingerprint density at radius 2 is 2.00 bits per heavy atom. The fourth-order valence-electron chi connectivity index (χ4n) is 2.14. The molecule has 0 radical (unpaired) electrons. The zero-order valence-electron chi connectivity index (χ0n) is 10.8. The molecule has 0 fully saturated rings. The molecule has 0 aliphatic carbocycles. The maximum atomic E-state index is 9.76. The first-order valence-corrected chi connectivity index (χ1v) is 6.19. The van der Waals surface area contributed by atoms with Crippen LogP contribution in [0.2, 0.25) is 0 Å². The normalized spacial score (nSPS) is 14.5. The van der Waals surface area contributed by atoms with Crippen LogP contribution in [0, 0.1) is 0 Å². The summed E-state index contributed by atoms with van der Waals surface area (Å²) in [4.78, 5) is 0. The summed E-state index contributed by atoms with van der Waals surface area (Å²) < 4.78 is 5.05. The van der Waals surface area contributed by atoms with Crippen molar-refractivity contribution in [2.75, 3.05) is 26.9 Å². The molecule has 0 saturated heterocycles. The molecule has 0 amide bonds. The Morgan fingerprint density at radius 1 is 1.29 bits per heavy atom. The van der Waals surface area contributed by atoms with Crippen molar-refractivity contribution in [1.29, 1.82) is 0 Å². The molecule has 0 aromatic heterocycles. The minimum absolute atomic E-state index is 0.106. The fraction of sp³-hybridized carbons (Fsp3) is 0.571. The van der Waals surface area contributed by atoms with Crippen LogP contribution in [0.4, 0.5) is 0 Å². The first-order valence-electron chi connectivity index (χ1n) is 6.19. The number of methoxy groups -OCH3 is 1. The van der Waals surface area contributed by atoms with E-state index in [9.17, 15) is 5.11 Å². The molecule has 0 aliphatic rings. The third-order valence-electron chi connectivity index (χ3n) is 3.04. The minimum atomic E-state index is -0.339. The van der Waals surface area contributed by atoms with Crippen LogP contribution < -0.4 is 5.32 Å². The average Bonchev–Trinajstić information content (AvgIpc) is 2.39. The van der Waals surface area contributed by atoms with Gasteiger partial charge in [0.1, 0.15) is 0 Å². The lowest BCUT2D eigenvalue weighted by Crippen LogP contribution is -2.46. The third-order valence-corrected chi connectivity index (χ3v) is 3.04. The van der Waals surface area contributed by atoms with Crippen LogP contribution >= 0.6 is 0 Å². The molecule has 1 atom stereocenters. The molecule has 2 N–H and O–H groups in total. The average molecular weight is 237 g/mol. The Kier molecular flexibility index (Phi) is 6.19. The summed E-state index contributed by atoms with van der Waals surface area (Å²) in [5.74, 6) is 0. The van der Waals surface area contributed by atoms with Gasteiger partial charge in [-0.15, -0.1) is 0 Å². The Hall–Kier alpha value is -0.900. The number of hydrogen-bond donors (Lipinski definition) is 2. The van der Waals surface area contributed by atoms with Crippen LogP contribution in [-0.2, 0) is 10.3 Å². The van der Waals surface area contributed by atoms with Gasteiger partial charge < -0.3 is 15.2 Å². The zero-order valence-corrected chi connectivity index (χ0v) is 10.8. The number of ether oxygens (including phenoxy) is 1. The van der Waals surface area contributed by atoms with Crippen molar-refractivity contribution < 1.29 is 9.84 Å². The number of aliphatic hydroxyl groups excluding tert-OH is 1. The highest BCUT2D eigenvalue weighted by atomic mass is 16.5. The van der Waals surface area contributed by atoms with Gasteiger partial charge >= 0.3 is 0 Å². The lowest BCUT2D eigenvalue weighted by Gasteiger charge is -2.33. The number of rotatable bonds is 8. The van der Waals surface area contributed by atoms with Gasteiger partial charge in [-0.2, -0.15) is 0 Å². The van der Waals surface area contributed by atoms with Gasteiger partial charge in [0.25, 0.3) is 0 Å². The van der Waals surface area contributed by atoms with E-state index in [2.05, 4.69) is 24.4 Å². The van der Waals surface area contributed by atoms with Gasteiger partial charge in [0, 0.05) is 13.7 Å². The molecule has 3 nitrogen and oxygen atoms in total. The molecule has 0 bridgehead atoms. The number of benzene rings is 1. The van der Waals surface area contributed by atoms with Crippen LogP contribution in [-0.4, -0.2) is 32.0 Å². The summed E-state index contributed by atoms with van der Waals surface area (Å²) in [5.41, 5.74) is 0.801. The van der Waals surface area contributed by atoms with E-state index in [1.54, 1.807) is 7.11 Å². The quantitative estimate of drug-likeness (QED) is 0.679. The molecule has 17 heavy (non-hydrogen) atoms. The van der Waals surface area contributed by atoms with Crippen molar-refractivity contribution >= 4 is 0 Å². The Morgan fingerprint density at radius 3 is 2.53 bits per heavy atom. The second-order valence-electron chi connectivity index (χ2n) is 4.28. The van der Waals surface area contributed by atoms with E-state index in [0.29, 0.717) is 6.61 Å². The minimum Gasteiger partial charge on any atom is -0.394 e. The molecule has 0 heterocycles. The van der Waals surface area contributed by atoms with Crippen molar-refractivity contribution in [3.05, 3.63) is 35.9 Å². The molecule has 1 rings (SSSR count). The number of hydrogen-bond acceptors (Lipinski definition) is 3. The van der Waals surface area contributed by atoms with Crippen molar-refractivity contribution in [3.8, 4) is 0 Å². The molecule has 96 valence electrons. The molecule has 0 aliphatic heterocycles. The Bertz CT molecular complexity index is 302. The van der Waals surface area contributed by atoms with Gasteiger partial charge in [-0.05, 0) is 12.0 Å². The summed E-state index contributed by atoms with van der Waals surface area (Å²) in [6.45, 7) is 3.63. The van der Waals surface area contributed by atoms with E-state index in [-0.39, 0.29) is 12.1 Å². The highest BCUT2D eigenvalue weighted by Crippen LogP contribution is 2.25. The van der Waals surface area contributed by atoms with Crippen LogP contribution in [0.5, 0.6) is 0 Å². The summed E-state index contributed by atoms with van der Waals surface area (Å²) in [7, 11) is 1.69. The fourth-order valence-corrected chi connectivity index (χ4v) is 2.14. The van der Waals surface area contributed by atoms with Crippen molar-refractivity contribution in [1.82, 2.24) is 5.32 Å². The summed E-state index contributed by atoms with van der Waals surface area (Å²) in [6.07, 6.45) is 1.94. The number of aliphatic hydroxyl groups is 1. The first kappa shape index (κ1) is 14.2. The van der Waals surface area contributed by atoms with Gasteiger partial charge in [-0.1, -0.05) is 43.7 Å². The molecular weight excluding hydrogens is 214 g/mol. The second-order valence-corrected chi connectivity index (χ2v) is 4.28. The lowest BCUT2D eigenvalue weighted by atomic mass is 9.86. The molecule has 1 aromatic rings. The zero-order chi connectivity index (χ0) is 12.6. The standard InChI is InChI=1S/C14H23NO2/c1-3-9-14(12-16,15-10-11-17-2)13-7-5-4-6-8-13/h4-8,15-16H,3,9-12H2,1-2H3. The van der Waals surface area contributed by atoms with E-state index in [1.165, 1.54) is 0 Å². The topological polar surface area (TPSA) is 41.5 Å². The third kappa shape index (κ3) is 3.80. The van der Waals surface area contributed by atoms with E-state index in [0.717, 1.165) is 24.9 Å². The van der Waals surface area contributed by atoms with Crippen molar-refractivity contribution in [2.24, 2.45) is 0 Å². The second kappa shape index (κ2) is 7.43. The maximum Gasteiger partial charge on any atom is 0.0669 e. The van der Waals surface area contributed by atoms with Gasteiger partial charge in [-0.25, -0.2) is 0 Å². The Labute approximate surface area is 104 Å². The van der Waals surface area contributed by atoms with Crippen LogP contribution in [0.15, 0.2) is 30.3 Å². The van der Waals surface area contributed by atoms with Crippen LogP contribution in [0.3, 0.4) is 0 Å². The highest BCUT2D eigenvalue weighted by Gasteiger charge is 2.29. The predicted octanol–water partition coefficient (Wildman–Crippen LogP) is 1.91. The number of nitrogens with one attached hydrogen (secondary N) is 1. The van der Waals surface area contributed by atoms with Gasteiger partial charge in [-0.3, -0.25) is 0 Å². The summed E-state index contributed by atoms with van der Waals surface area (Å²) >= 11 is 0. The van der Waals surface area contributed by atoms with Gasteiger partial charge in [0.2, 0.25) is 0 Å². The van der Waals surface area contributed by atoms with E-state index < -0.39 is 0 Å². The molecule has 3 heteroatoms. The van der Waals surface area contributed by atoms with Crippen LogP contribution in [0.25, 0.3) is 0 Å². The monoisotopic (exact) mass is 237 g/mol. The SMILES string of the molecule is CCCC(CO)(NCCOC)c1ccccc1. The Balaban J connectivity index is 2.83. The van der Waals surface area contributed by atoms with Crippen molar-refractivity contribution in [2.45, 2.75) is 25.3 Å². The lowest BCUT2D eigenvalue weighted by molar-refractivity contribution is 0.129. The first-order chi connectivity index (χ1) is 8.29.